The maximum absolute atomic E-state index is 12.1. The van der Waals surface area contributed by atoms with Crippen molar-refractivity contribution in [2.24, 2.45) is 0 Å². The number of aryl methyl sites for hydroxylation is 1. The molecule has 22 heavy (non-hydrogen) atoms. The Labute approximate surface area is 134 Å². The van der Waals surface area contributed by atoms with Gasteiger partial charge < -0.3 is 14.2 Å². The Kier molecular flexibility index (Phi) is 5.28. The lowest BCUT2D eigenvalue weighted by atomic mass is 10.1. The molecule has 0 saturated heterocycles. The number of hydrogen-bond donors (Lipinski definition) is 0. The molecule has 0 heterocycles. The fourth-order valence-corrected chi connectivity index (χ4v) is 2.18. The number of benzene rings is 2. The molecule has 0 spiro atoms. The van der Waals surface area contributed by atoms with Crippen LogP contribution in [0.15, 0.2) is 36.4 Å². The molecule has 4 nitrogen and oxygen atoms in total. The molecule has 5 heteroatoms. The van der Waals surface area contributed by atoms with Crippen molar-refractivity contribution in [1.29, 1.82) is 0 Å². The van der Waals surface area contributed by atoms with Crippen LogP contribution in [-0.4, -0.2) is 20.2 Å². The first-order valence-corrected chi connectivity index (χ1v) is 7.09. The second-order valence-electron chi connectivity index (χ2n) is 4.76. The summed E-state index contributed by atoms with van der Waals surface area (Å²) in [6.07, 6.45) is 0.0602. The smallest absolute Gasteiger partial charge is 0.315 e. The van der Waals surface area contributed by atoms with E-state index < -0.39 is 5.97 Å². The highest BCUT2D eigenvalue weighted by atomic mass is 35.5. The monoisotopic (exact) mass is 320 g/mol. The van der Waals surface area contributed by atoms with E-state index in [1.54, 1.807) is 44.6 Å². The summed E-state index contributed by atoms with van der Waals surface area (Å²) in [7, 11) is 3.12. The maximum Gasteiger partial charge on any atom is 0.315 e. The van der Waals surface area contributed by atoms with E-state index in [2.05, 4.69) is 0 Å². The van der Waals surface area contributed by atoms with E-state index in [9.17, 15) is 4.79 Å². The van der Waals surface area contributed by atoms with Crippen molar-refractivity contribution in [3.8, 4) is 17.2 Å². The Balaban J connectivity index is 2.16. The molecular weight excluding hydrogens is 304 g/mol. The summed E-state index contributed by atoms with van der Waals surface area (Å²) in [4.78, 5) is 12.1. The van der Waals surface area contributed by atoms with Crippen LogP contribution in [0.5, 0.6) is 17.2 Å². The highest BCUT2D eigenvalue weighted by Gasteiger charge is 2.13. The van der Waals surface area contributed by atoms with Gasteiger partial charge in [0, 0.05) is 5.56 Å². The van der Waals surface area contributed by atoms with Gasteiger partial charge in [-0.15, -0.1) is 0 Å². The molecule has 0 aliphatic rings. The zero-order valence-corrected chi connectivity index (χ0v) is 13.4. The summed E-state index contributed by atoms with van der Waals surface area (Å²) in [6, 6.07) is 10.5. The van der Waals surface area contributed by atoms with Crippen molar-refractivity contribution in [2.75, 3.05) is 14.2 Å². The Bertz CT molecular complexity index is 682. The first-order chi connectivity index (χ1) is 10.5. The summed E-state index contributed by atoms with van der Waals surface area (Å²) < 4.78 is 15.7. The van der Waals surface area contributed by atoms with E-state index in [0.29, 0.717) is 27.8 Å². The van der Waals surface area contributed by atoms with Crippen molar-refractivity contribution in [3.63, 3.8) is 0 Å². The van der Waals surface area contributed by atoms with Crippen LogP contribution in [-0.2, 0) is 11.2 Å². The van der Waals surface area contributed by atoms with E-state index in [-0.39, 0.29) is 6.42 Å². The predicted molar refractivity (Wildman–Crippen MR) is 85.1 cm³/mol. The van der Waals surface area contributed by atoms with Gasteiger partial charge in [0.15, 0.2) is 0 Å². The van der Waals surface area contributed by atoms with Crippen LogP contribution in [0.1, 0.15) is 11.1 Å². The average molecular weight is 321 g/mol. The van der Waals surface area contributed by atoms with Crippen LogP contribution < -0.4 is 14.2 Å². The standard InChI is InChI=1S/C17H17ClO4/c1-11-4-6-14(18)16(8-11)22-17(19)10-12-9-13(20-2)5-7-15(12)21-3/h4-9H,10H2,1-3H3. The third-order valence-corrected chi connectivity index (χ3v) is 3.45. The maximum atomic E-state index is 12.1. The van der Waals surface area contributed by atoms with Crippen LogP contribution in [0.4, 0.5) is 0 Å². The Morgan fingerprint density at radius 1 is 1.05 bits per heavy atom. The number of carbonyl (C=O) groups excluding carboxylic acids is 1. The molecule has 0 N–H and O–H groups in total. The van der Waals surface area contributed by atoms with E-state index in [0.717, 1.165) is 5.56 Å². The van der Waals surface area contributed by atoms with Crippen molar-refractivity contribution in [2.45, 2.75) is 13.3 Å². The van der Waals surface area contributed by atoms with Crippen LogP contribution in [0.25, 0.3) is 0 Å². The number of carbonyl (C=O) groups is 1. The van der Waals surface area contributed by atoms with E-state index in [1.807, 2.05) is 13.0 Å². The van der Waals surface area contributed by atoms with E-state index in [1.165, 1.54) is 0 Å². The summed E-state index contributed by atoms with van der Waals surface area (Å²) in [5.41, 5.74) is 1.65. The normalized spacial score (nSPS) is 10.2. The van der Waals surface area contributed by atoms with Crippen LogP contribution >= 0.6 is 11.6 Å². The van der Waals surface area contributed by atoms with Gasteiger partial charge in [-0.1, -0.05) is 17.7 Å². The van der Waals surface area contributed by atoms with Gasteiger partial charge in [-0.05, 0) is 42.8 Å². The molecule has 0 amide bonds. The Hall–Kier alpha value is -2.20. The SMILES string of the molecule is COc1ccc(OC)c(CC(=O)Oc2cc(C)ccc2Cl)c1. The number of hydrogen-bond acceptors (Lipinski definition) is 4. The van der Waals surface area contributed by atoms with E-state index in [4.69, 9.17) is 25.8 Å². The topological polar surface area (TPSA) is 44.8 Å². The molecule has 2 rings (SSSR count). The third-order valence-electron chi connectivity index (χ3n) is 3.13. The zero-order chi connectivity index (χ0) is 16.1. The molecule has 116 valence electrons. The molecule has 0 saturated carbocycles. The van der Waals surface area contributed by atoms with Gasteiger partial charge in [0.2, 0.25) is 0 Å². The predicted octanol–water partition coefficient (Wildman–Crippen LogP) is 3.81. The molecular formula is C17H17ClO4. The number of ether oxygens (including phenoxy) is 3. The third kappa shape index (κ3) is 3.92. The van der Waals surface area contributed by atoms with Crippen LogP contribution in [0.2, 0.25) is 5.02 Å². The zero-order valence-electron chi connectivity index (χ0n) is 12.7. The quantitative estimate of drug-likeness (QED) is 0.620. The Morgan fingerprint density at radius 3 is 2.50 bits per heavy atom. The fourth-order valence-electron chi connectivity index (χ4n) is 2.02. The lowest BCUT2D eigenvalue weighted by Gasteiger charge is -2.11. The minimum atomic E-state index is -0.418. The van der Waals surface area contributed by atoms with Gasteiger partial charge in [-0.3, -0.25) is 4.79 Å². The molecule has 2 aromatic carbocycles. The van der Waals surface area contributed by atoms with Crippen molar-refractivity contribution in [1.82, 2.24) is 0 Å². The first-order valence-electron chi connectivity index (χ1n) is 6.71. The summed E-state index contributed by atoms with van der Waals surface area (Å²) >= 11 is 6.03. The van der Waals surface area contributed by atoms with Gasteiger partial charge in [0.25, 0.3) is 0 Å². The van der Waals surface area contributed by atoms with Gasteiger partial charge in [-0.25, -0.2) is 0 Å². The molecule has 2 aromatic rings. The highest BCUT2D eigenvalue weighted by Crippen LogP contribution is 2.27. The molecule has 0 radical (unpaired) electrons. The van der Waals surface area contributed by atoms with Gasteiger partial charge >= 0.3 is 5.97 Å². The van der Waals surface area contributed by atoms with Gasteiger partial charge in [0.1, 0.15) is 17.2 Å². The second kappa shape index (κ2) is 7.18. The molecule has 0 aliphatic heterocycles. The average Bonchev–Trinajstić information content (AvgIpc) is 2.50. The minimum Gasteiger partial charge on any atom is -0.497 e. The summed E-state index contributed by atoms with van der Waals surface area (Å²) in [5, 5.41) is 0.400. The lowest BCUT2D eigenvalue weighted by Crippen LogP contribution is -2.12. The van der Waals surface area contributed by atoms with Gasteiger partial charge in [0.05, 0.1) is 25.7 Å². The van der Waals surface area contributed by atoms with E-state index >= 15 is 0 Å². The highest BCUT2D eigenvalue weighted by molar-refractivity contribution is 6.32. The van der Waals surface area contributed by atoms with Gasteiger partial charge in [-0.2, -0.15) is 0 Å². The fraction of sp³-hybridized carbons (Fsp3) is 0.235. The lowest BCUT2D eigenvalue weighted by molar-refractivity contribution is -0.133. The molecule has 0 bridgehead atoms. The van der Waals surface area contributed by atoms with Crippen LogP contribution in [0.3, 0.4) is 0 Å². The molecule has 0 aliphatic carbocycles. The molecule has 0 atom stereocenters. The number of esters is 1. The minimum absolute atomic E-state index is 0.0602. The number of halogens is 1. The Morgan fingerprint density at radius 2 is 1.82 bits per heavy atom. The largest absolute Gasteiger partial charge is 0.497 e. The van der Waals surface area contributed by atoms with Crippen molar-refractivity contribution < 1.29 is 19.0 Å². The second-order valence-corrected chi connectivity index (χ2v) is 5.17. The molecule has 0 fully saturated rings. The molecule has 0 aromatic heterocycles. The summed E-state index contributed by atoms with van der Waals surface area (Å²) in [5.74, 6) is 1.19. The number of rotatable bonds is 5. The number of methoxy groups -OCH3 is 2. The van der Waals surface area contributed by atoms with Crippen molar-refractivity contribution >= 4 is 17.6 Å². The first kappa shape index (κ1) is 16.2. The molecule has 0 unspecified atom stereocenters. The van der Waals surface area contributed by atoms with Crippen molar-refractivity contribution in [3.05, 3.63) is 52.5 Å². The van der Waals surface area contributed by atoms with Crippen LogP contribution in [0, 0.1) is 6.92 Å². The summed E-state index contributed by atoms with van der Waals surface area (Å²) in [6.45, 7) is 1.90.